The average Bonchev–Trinajstić information content (AvgIpc) is 3.33. The smallest absolute Gasteiger partial charge is 0.306 e. The summed E-state index contributed by atoms with van der Waals surface area (Å²) in [6, 6.07) is 0. The molecular formula is C61H120NO8P. The van der Waals surface area contributed by atoms with E-state index in [0.29, 0.717) is 17.4 Å². The third kappa shape index (κ3) is 57.9. The van der Waals surface area contributed by atoms with Crippen molar-refractivity contribution in [2.45, 2.75) is 322 Å². The summed E-state index contributed by atoms with van der Waals surface area (Å²) in [5.74, 6) is -0.825. The molecule has 0 spiro atoms. The molecule has 0 bridgehead atoms. The molecule has 0 aromatic heterocycles. The maximum absolute atomic E-state index is 12.8. The van der Waals surface area contributed by atoms with E-state index >= 15 is 0 Å². The first kappa shape index (κ1) is 69.8. The summed E-state index contributed by atoms with van der Waals surface area (Å²) in [4.78, 5) is 37.8. The summed E-state index contributed by atoms with van der Waals surface area (Å²) in [6.45, 7) is 4.28. The molecule has 0 fully saturated rings. The zero-order valence-electron chi connectivity index (χ0n) is 48.0. The standard InChI is InChI=1S/C61H120NO8P/c1-6-8-10-12-14-16-18-20-22-24-25-26-27-28-29-30-31-32-33-34-35-36-37-38-40-41-43-45-47-49-51-53-60(63)67-57-59(58-69-71(65,66)68-56-55-62(3,4)5)70-61(64)54-52-50-48-46-44-42-39-23-21-19-17-15-13-11-9-7-2/h23,39,59H,6-22,24-38,40-58H2,1-5H3/b39-23-. The lowest BCUT2D eigenvalue weighted by molar-refractivity contribution is -0.870. The van der Waals surface area contributed by atoms with Crippen molar-refractivity contribution in [3.05, 3.63) is 12.2 Å². The second-order valence-electron chi connectivity index (χ2n) is 22.4. The maximum Gasteiger partial charge on any atom is 0.306 e. The predicted molar refractivity (Wildman–Crippen MR) is 301 cm³/mol. The molecule has 0 aliphatic heterocycles. The first-order valence-corrected chi connectivity index (χ1v) is 32.4. The lowest BCUT2D eigenvalue weighted by Crippen LogP contribution is -2.37. The highest BCUT2D eigenvalue weighted by molar-refractivity contribution is 7.45. The topological polar surface area (TPSA) is 111 Å². The molecule has 2 unspecified atom stereocenters. The minimum atomic E-state index is -4.63. The summed E-state index contributed by atoms with van der Waals surface area (Å²) in [5.41, 5.74) is 0. The van der Waals surface area contributed by atoms with Crippen molar-refractivity contribution >= 4 is 19.8 Å². The number of esters is 2. The van der Waals surface area contributed by atoms with Crippen molar-refractivity contribution in [1.82, 2.24) is 0 Å². The van der Waals surface area contributed by atoms with Gasteiger partial charge in [-0.15, -0.1) is 0 Å². The molecule has 10 heteroatoms. The minimum Gasteiger partial charge on any atom is -0.756 e. The molecule has 0 aromatic rings. The minimum absolute atomic E-state index is 0.0288. The molecule has 9 nitrogen and oxygen atoms in total. The molecule has 422 valence electrons. The number of carbonyl (C=O) groups excluding carboxylic acids is 2. The zero-order chi connectivity index (χ0) is 52.0. The number of phosphoric acid groups is 1. The fourth-order valence-corrected chi connectivity index (χ4v) is 9.97. The molecule has 0 amide bonds. The number of rotatable bonds is 58. The van der Waals surface area contributed by atoms with Crippen LogP contribution in [0.15, 0.2) is 12.2 Å². The van der Waals surface area contributed by atoms with Crippen LogP contribution in [0, 0.1) is 0 Å². The Bertz CT molecular complexity index is 1210. The number of hydrogen-bond acceptors (Lipinski definition) is 8. The van der Waals surface area contributed by atoms with Gasteiger partial charge in [-0.2, -0.15) is 0 Å². The van der Waals surface area contributed by atoms with Crippen LogP contribution in [0.25, 0.3) is 0 Å². The van der Waals surface area contributed by atoms with E-state index in [4.69, 9.17) is 18.5 Å². The van der Waals surface area contributed by atoms with Gasteiger partial charge in [-0.1, -0.05) is 276 Å². The van der Waals surface area contributed by atoms with Crippen LogP contribution in [-0.2, 0) is 32.7 Å². The fourth-order valence-electron chi connectivity index (χ4n) is 9.24. The van der Waals surface area contributed by atoms with Gasteiger partial charge in [0.15, 0.2) is 6.10 Å². The van der Waals surface area contributed by atoms with Gasteiger partial charge >= 0.3 is 11.9 Å². The number of allylic oxidation sites excluding steroid dienone is 2. The van der Waals surface area contributed by atoms with E-state index in [1.807, 2.05) is 21.1 Å². The van der Waals surface area contributed by atoms with Crippen LogP contribution in [0.3, 0.4) is 0 Å². The summed E-state index contributed by atoms with van der Waals surface area (Å²) in [5, 5.41) is 0. The van der Waals surface area contributed by atoms with Gasteiger partial charge in [-0.3, -0.25) is 14.2 Å². The Kier molecular flexibility index (Phi) is 52.6. The van der Waals surface area contributed by atoms with Gasteiger partial charge in [-0.25, -0.2) is 0 Å². The van der Waals surface area contributed by atoms with Gasteiger partial charge in [0.2, 0.25) is 0 Å². The number of ether oxygens (including phenoxy) is 2. The van der Waals surface area contributed by atoms with Gasteiger partial charge in [-0.05, 0) is 38.5 Å². The predicted octanol–water partition coefficient (Wildman–Crippen LogP) is 18.6. The Morgan fingerprint density at radius 1 is 0.423 bits per heavy atom. The average molecular weight is 1030 g/mol. The molecule has 2 atom stereocenters. The number of likely N-dealkylation sites (N-methyl/N-ethyl adjacent to an activating group) is 1. The zero-order valence-corrected chi connectivity index (χ0v) is 48.8. The maximum atomic E-state index is 12.8. The van der Waals surface area contributed by atoms with Crippen molar-refractivity contribution in [2.24, 2.45) is 0 Å². The number of hydrogen-bond donors (Lipinski definition) is 0. The SMILES string of the molecule is CCCCCCCCC/C=C\CCCCCCCC(=O)OC(COC(=O)CCCCCCCCCCCCCCCCCCCCCCCCCCCCCCCCC)COP(=O)([O-])OCC[N+](C)(C)C. The molecule has 0 aliphatic carbocycles. The van der Waals surface area contributed by atoms with Crippen LogP contribution >= 0.6 is 7.82 Å². The van der Waals surface area contributed by atoms with E-state index in [1.165, 1.54) is 231 Å². The van der Waals surface area contributed by atoms with Crippen molar-refractivity contribution in [3.8, 4) is 0 Å². The molecule has 0 aromatic carbocycles. The van der Waals surface area contributed by atoms with Crippen molar-refractivity contribution in [1.29, 1.82) is 0 Å². The van der Waals surface area contributed by atoms with Gasteiger partial charge in [0.1, 0.15) is 19.8 Å². The molecule has 0 radical (unpaired) electrons. The van der Waals surface area contributed by atoms with Crippen LogP contribution in [-0.4, -0.2) is 70.0 Å². The normalized spacial score (nSPS) is 13.3. The lowest BCUT2D eigenvalue weighted by Gasteiger charge is -2.28. The van der Waals surface area contributed by atoms with Crippen LogP contribution in [0.2, 0.25) is 0 Å². The molecule has 0 N–H and O–H groups in total. The Hall–Kier alpha value is -1.25. The van der Waals surface area contributed by atoms with Gasteiger partial charge in [0.05, 0.1) is 27.7 Å². The van der Waals surface area contributed by atoms with Gasteiger partial charge < -0.3 is 27.9 Å². The van der Waals surface area contributed by atoms with Crippen LogP contribution in [0.5, 0.6) is 0 Å². The first-order valence-electron chi connectivity index (χ1n) is 30.9. The second-order valence-corrected chi connectivity index (χ2v) is 23.8. The number of unbranched alkanes of at least 4 members (excludes halogenated alkanes) is 42. The highest BCUT2D eigenvalue weighted by atomic mass is 31.2. The molecule has 0 aliphatic rings. The van der Waals surface area contributed by atoms with E-state index in [-0.39, 0.29) is 32.0 Å². The summed E-state index contributed by atoms with van der Waals surface area (Å²) in [6.07, 6.45) is 62.8. The fraction of sp³-hybridized carbons (Fsp3) is 0.934. The quantitative estimate of drug-likeness (QED) is 0.0195. The van der Waals surface area contributed by atoms with Crippen molar-refractivity contribution in [2.75, 3.05) is 47.5 Å². The summed E-state index contributed by atoms with van der Waals surface area (Å²) in [7, 11) is 1.18. The summed E-state index contributed by atoms with van der Waals surface area (Å²) < 4.78 is 34.2. The third-order valence-electron chi connectivity index (χ3n) is 14.0. The lowest BCUT2D eigenvalue weighted by atomic mass is 10.0. The van der Waals surface area contributed by atoms with Gasteiger partial charge in [0, 0.05) is 12.8 Å². The molecule has 0 saturated carbocycles. The number of quaternary nitrogens is 1. The van der Waals surface area contributed by atoms with Crippen molar-refractivity contribution < 1.29 is 42.1 Å². The molecule has 0 heterocycles. The third-order valence-corrected chi connectivity index (χ3v) is 15.0. The largest absolute Gasteiger partial charge is 0.756 e. The molecule has 0 rings (SSSR count). The highest BCUT2D eigenvalue weighted by Gasteiger charge is 2.22. The van der Waals surface area contributed by atoms with Gasteiger partial charge in [0.25, 0.3) is 7.82 Å². The molecular weight excluding hydrogens is 906 g/mol. The van der Waals surface area contributed by atoms with E-state index in [2.05, 4.69) is 26.0 Å². The van der Waals surface area contributed by atoms with E-state index in [9.17, 15) is 19.0 Å². The highest BCUT2D eigenvalue weighted by Crippen LogP contribution is 2.38. The second kappa shape index (κ2) is 53.6. The van der Waals surface area contributed by atoms with E-state index in [0.717, 1.165) is 51.4 Å². The molecule has 0 saturated heterocycles. The van der Waals surface area contributed by atoms with Crippen LogP contribution in [0.4, 0.5) is 0 Å². The Morgan fingerprint density at radius 2 is 0.718 bits per heavy atom. The number of nitrogens with zero attached hydrogens (tertiary/aromatic N) is 1. The number of phosphoric ester groups is 1. The summed E-state index contributed by atoms with van der Waals surface area (Å²) >= 11 is 0. The number of carbonyl (C=O) groups is 2. The first-order chi connectivity index (χ1) is 34.5. The Morgan fingerprint density at radius 3 is 1.04 bits per heavy atom. The van der Waals surface area contributed by atoms with E-state index < -0.39 is 26.5 Å². The Labute approximate surface area is 441 Å². The van der Waals surface area contributed by atoms with Crippen molar-refractivity contribution in [3.63, 3.8) is 0 Å². The monoisotopic (exact) mass is 1030 g/mol. The molecule has 71 heavy (non-hydrogen) atoms. The van der Waals surface area contributed by atoms with Crippen LogP contribution in [0.1, 0.15) is 316 Å². The Balaban J connectivity index is 3.98. The van der Waals surface area contributed by atoms with E-state index in [1.54, 1.807) is 0 Å². The van der Waals surface area contributed by atoms with Crippen LogP contribution < -0.4 is 4.89 Å².